The van der Waals surface area contributed by atoms with Crippen LogP contribution in [0.3, 0.4) is 0 Å². The number of benzene rings is 1. The molecule has 2 atom stereocenters. The van der Waals surface area contributed by atoms with Crippen molar-refractivity contribution in [1.82, 2.24) is 0 Å². The molecule has 0 aliphatic heterocycles. The first-order valence-corrected chi connectivity index (χ1v) is 6.41. The minimum atomic E-state index is 0.154. The molecule has 0 amide bonds. The highest BCUT2D eigenvalue weighted by atomic mass is 16.5. The van der Waals surface area contributed by atoms with Crippen LogP contribution in [-0.4, -0.2) is 25.9 Å². The molecule has 0 radical (unpaired) electrons. The molecule has 2 rings (SSSR count). The van der Waals surface area contributed by atoms with Crippen molar-refractivity contribution in [3.8, 4) is 5.75 Å². The van der Waals surface area contributed by atoms with Crippen LogP contribution in [0.1, 0.15) is 17.9 Å². The fraction of sp³-hybridized carbons (Fsp3) is 0.375. The smallest absolute Gasteiger partial charge is 0.118 e. The Morgan fingerprint density at radius 2 is 1.84 bits per heavy atom. The van der Waals surface area contributed by atoms with Crippen molar-refractivity contribution in [1.29, 1.82) is 0 Å². The maximum atomic E-state index is 9.23. The number of aliphatic hydroxyl groups is 1. The molecule has 1 aromatic rings. The van der Waals surface area contributed by atoms with E-state index < -0.39 is 0 Å². The molecule has 1 aromatic carbocycles. The Kier molecular flexibility index (Phi) is 4.27. The van der Waals surface area contributed by atoms with Crippen LogP contribution in [0.15, 0.2) is 48.3 Å². The van der Waals surface area contributed by atoms with Gasteiger partial charge in [-0.25, -0.2) is 0 Å². The third-order valence-corrected chi connectivity index (χ3v) is 3.69. The van der Waals surface area contributed by atoms with Gasteiger partial charge in [-0.2, -0.15) is 0 Å². The Labute approximate surface area is 114 Å². The molecule has 102 valence electrons. The molecule has 0 spiro atoms. The van der Waals surface area contributed by atoms with Crippen molar-refractivity contribution >= 4 is 0 Å². The monoisotopic (exact) mass is 260 g/mol. The third kappa shape index (κ3) is 2.66. The van der Waals surface area contributed by atoms with Gasteiger partial charge >= 0.3 is 0 Å². The summed E-state index contributed by atoms with van der Waals surface area (Å²) in [6.07, 6.45) is 2.78. The van der Waals surface area contributed by atoms with Crippen molar-refractivity contribution in [3.63, 3.8) is 0 Å². The molecule has 0 unspecified atom stereocenters. The lowest BCUT2D eigenvalue weighted by Gasteiger charge is -2.20. The minimum Gasteiger partial charge on any atom is -0.497 e. The van der Waals surface area contributed by atoms with E-state index in [1.54, 1.807) is 14.2 Å². The predicted octanol–water partition coefficient (Wildman–Crippen LogP) is 2.88. The Morgan fingerprint density at radius 3 is 2.37 bits per heavy atom. The first kappa shape index (κ1) is 13.7. The fourth-order valence-corrected chi connectivity index (χ4v) is 2.63. The number of hydrogen-bond donors (Lipinski definition) is 1. The molecular formula is C16H20O3. The summed E-state index contributed by atoms with van der Waals surface area (Å²) >= 11 is 0. The Morgan fingerprint density at radius 1 is 1.16 bits per heavy atom. The van der Waals surface area contributed by atoms with Gasteiger partial charge in [0.05, 0.1) is 14.2 Å². The number of rotatable bonds is 5. The number of ether oxygens (including phenoxy) is 2. The molecule has 0 heterocycles. The molecule has 1 aliphatic carbocycles. The molecule has 0 fully saturated rings. The maximum Gasteiger partial charge on any atom is 0.118 e. The summed E-state index contributed by atoms with van der Waals surface area (Å²) in [7, 11) is 3.31. The fourth-order valence-electron chi connectivity index (χ4n) is 2.63. The molecule has 1 N–H and O–H groups in total. The predicted molar refractivity (Wildman–Crippen MR) is 75.2 cm³/mol. The number of aliphatic hydroxyl groups excluding tert-OH is 1. The van der Waals surface area contributed by atoms with Crippen LogP contribution in [0, 0.1) is 5.92 Å². The van der Waals surface area contributed by atoms with Crippen molar-refractivity contribution in [2.24, 2.45) is 5.92 Å². The summed E-state index contributed by atoms with van der Waals surface area (Å²) in [5.41, 5.74) is 2.16. The average Bonchev–Trinajstić information content (AvgIpc) is 2.76. The van der Waals surface area contributed by atoms with E-state index in [4.69, 9.17) is 9.47 Å². The summed E-state index contributed by atoms with van der Waals surface area (Å²) in [6.45, 7) is 4.24. The zero-order chi connectivity index (χ0) is 13.8. The molecule has 19 heavy (non-hydrogen) atoms. The normalized spacial score (nSPS) is 22.3. The first-order chi connectivity index (χ1) is 9.21. The lowest BCUT2D eigenvalue weighted by atomic mass is 9.85. The van der Waals surface area contributed by atoms with Gasteiger partial charge in [-0.1, -0.05) is 18.7 Å². The van der Waals surface area contributed by atoms with Gasteiger partial charge in [-0.15, -0.1) is 0 Å². The lowest BCUT2D eigenvalue weighted by molar-refractivity contribution is 0.259. The molecule has 1 aliphatic rings. The molecule has 0 saturated heterocycles. The molecule has 0 saturated carbocycles. The second-order valence-corrected chi connectivity index (χ2v) is 4.68. The quantitative estimate of drug-likeness (QED) is 0.884. The Balaban J connectivity index is 2.29. The van der Waals surface area contributed by atoms with Crippen molar-refractivity contribution in [2.75, 3.05) is 20.8 Å². The second-order valence-electron chi connectivity index (χ2n) is 4.68. The van der Waals surface area contributed by atoms with Gasteiger partial charge in [0.2, 0.25) is 0 Å². The highest BCUT2D eigenvalue weighted by Gasteiger charge is 2.32. The van der Waals surface area contributed by atoms with E-state index in [0.29, 0.717) is 6.42 Å². The van der Waals surface area contributed by atoms with Crippen LogP contribution in [0.5, 0.6) is 5.75 Å². The second kappa shape index (κ2) is 5.93. The largest absolute Gasteiger partial charge is 0.497 e. The summed E-state index contributed by atoms with van der Waals surface area (Å²) in [6, 6.07) is 8.01. The van der Waals surface area contributed by atoms with Gasteiger partial charge in [0.1, 0.15) is 11.5 Å². The molecule has 3 heteroatoms. The molecule has 3 nitrogen and oxygen atoms in total. The van der Waals surface area contributed by atoms with E-state index in [0.717, 1.165) is 17.1 Å². The van der Waals surface area contributed by atoms with Gasteiger partial charge < -0.3 is 14.6 Å². The lowest BCUT2D eigenvalue weighted by Crippen LogP contribution is -2.10. The van der Waals surface area contributed by atoms with Gasteiger partial charge in [0.15, 0.2) is 0 Å². The van der Waals surface area contributed by atoms with Gasteiger partial charge in [0.25, 0.3) is 0 Å². The van der Waals surface area contributed by atoms with Crippen LogP contribution in [-0.2, 0) is 4.74 Å². The SMILES string of the molecule is C=C1C(OC)=C[C@@H](c2ccc(OC)cc2)[C@@H]1CCO. The summed E-state index contributed by atoms with van der Waals surface area (Å²) < 4.78 is 10.5. The zero-order valence-corrected chi connectivity index (χ0v) is 11.4. The molecular weight excluding hydrogens is 240 g/mol. The zero-order valence-electron chi connectivity index (χ0n) is 11.4. The summed E-state index contributed by atoms with van der Waals surface area (Å²) in [4.78, 5) is 0. The van der Waals surface area contributed by atoms with E-state index in [2.05, 4.69) is 24.8 Å². The van der Waals surface area contributed by atoms with Crippen LogP contribution < -0.4 is 4.74 Å². The third-order valence-electron chi connectivity index (χ3n) is 3.69. The average molecular weight is 260 g/mol. The van der Waals surface area contributed by atoms with Crippen LogP contribution in [0.2, 0.25) is 0 Å². The number of hydrogen-bond acceptors (Lipinski definition) is 3. The van der Waals surface area contributed by atoms with E-state index in [1.165, 1.54) is 5.56 Å². The van der Waals surface area contributed by atoms with E-state index in [1.807, 2.05) is 12.1 Å². The van der Waals surface area contributed by atoms with Crippen molar-refractivity contribution in [2.45, 2.75) is 12.3 Å². The summed E-state index contributed by atoms with van der Waals surface area (Å²) in [5, 5.41) is 9.23. The molecule has 0 aromatic heterocycles. The first-order valence-electron chi connectivity index (χ1n) is 6.41. The van der Waals surface area contributed by atoms with Crippen LogP contribution >= 0.6 is 0 Å². The Bertz CT molecular complexity index is 473. The van der Waals surface area contributed by atoms with Crippen molar-refractivity contribution in [3.05, 3.63) is 53.8 Å². The van der Waals surface area contributed by atoms with Crippen molar-refractivity contribution < 1.29 is 14.6 Å². The summed E-state index contributed by atoms with van der Waals surface area (Å²) in [5.74, 6) is 2.09. The number of allylic oxidation sites excluding steroid dienone is 2. The van der Waals surface area contributed by atoms with Crippen LogP contribution in [0.4, 0.5) is 0 Å². The van der Waals surface area contributed by atoms with E-state index >= 15 is 0 Å². The van der Waals surface area contributed by atoms with E-state index in [9.17, 15) is 5.11 Å². The minimum absolute atomic E-state index is 0.154. The van der Waals surface area contributed by atoms with Gasteiger partial charge in [-0.05, 0) is 41.7 Å². The standard InChI is InChI=1S/C16H20O3/c1-11-14(8-9-17)15(10-16(11)19-3)12-4-6-13(18-2)7-5-12/h4-7,10,14-15,17H,1,8-9H2,2-3H3/t14-,15+/m1/s1. The Hall–Kier alpha value is -1.74. The van der Waals surface area contributed by atoms with Crippen LogP contribution in [0.25, 0.3) is 0 Å². The highest BCUT2D eigenvalue weighted by Crippen LogP contribution is 2.43. The number of methoxy groups -OCH3 is 2. The van der Waals surface area contributed by atoms with E-state index in [-0.39, 0.29) is 18.4 Å². The molecule has 0 bridgehead atoms. The van der Waals surface area contributed by atoms with Gasteiger partial charge in [-0.3, -0.25) is 0 Å². The highest BCUT2D eigenvalue weighted by molar-refractivity contribution is 5.43. The topological polar surface area (TPSA) is 38.7 Å². The maximum absolute atomic E-state index is 9.23. The van der Waals surface area contributed by atoms with Gasteiger partial charge in [0, 0.05) is 12.5 Å².